The van der Waals surface area contributed by atoms with Crippen LogP contribution in [0.3, 0.4) is 0 Å². The van der Waals surface area contributed by atoms with Crippen LogP contribution in [-0.4, -0.2) is 24.0 Å². The minimum absolute atomic E-state index is 0.00803. The zero-order valence-electron chi connectivity index (χ0n) is 16.9. The van der Waals surface area contributed by atoms with E-state index < -0.39 is 0 Å². The lowest BCUT2D eigenvalue weighted by Crippen LogP contribution is -2.30. The Kier molecular flexibility index (Phi) is 7.13. The molecule has 0 spiro atoms. The van der Waals surface area contributed by atoms with Gasteiger partial charge in [0.25, 0.3) is 0 Å². The molecule has 5 heteroatoms. The number of carbonyl (C=O) groups is 1. The van der Waals surface area contributed by atoms with Crippen LogP contribution in [0.1, 0.15) is 55.5 Å². The van der Waals surface area contributed by atoms with Gasteiger partial charge in [0.1, 0.15) is 5.75 Å². The van der Waals surface area contributed by atoms with Gasteiger partial charge in [0.2, 0.25) is 5.91 Å². The number of ether oxygens (including phenoxy) is 1. The summed E-state index contributed by atoms with van der Waals surface area (Å²) in [5.74, 6) is 0.920. The number of halogens is 1. The number of benzene rings is 2. The van der Waals surface area contributed by atoms with Crippen LogP contribution in [-0.2, 0) is 24.3 Å². The second kappa shape index (κ2) is 9.57. The van der Waals surface area contributed by atoms with Crippen LogP contribution in [0.2, 0.25) is 0 Å². The summed E-state index contributed by atoms with van der Waals surface area (Å²) in [7, 11) is 0. The number of nitrogens with one attached hydrogen (secondary N) is 1. The Balaban J connectivity index is 1.64. The molecule has 28 heavy (non-hydrogen) atoms. The van der Waals surface area contributed by atoms with E-state index >= 15 is 0 Å². The van der Waals surface area contributed by atoms with E-state index in [0.717, 1.165) is 49.3 Å². The largest absolute Gasteiger partial charge is 0.492 e. The predicted octanol–water partition coefficient (Wildman–Crippen LogP) is 4.99. The highest BCUT2D eigenvalue weighted by atomic mass is 79.9. The van der Waals surface area contributed by atoms with Gasteiger partial charge in [0, 0.05) is 26.6 Å². The normalized spacial score (nSPS) is 15.0. The number of hydrogen-bond donors (Lipinski definition) is 1. The van der Waals surface area contributed by atoms with Gasteiger partial charge in [-0.3, -0.25) is 9.69 Å². The lowest BCUT2D eigenvalue weighted by molar-refractivity contribution is -0.119. The quantitative estimate of drug-likeness (QED) is 0.653. The molecule has 0 aromatic heterocycles. The molecule has 1 N–H and O–H groups in total. The van der Waals surface area contributed by atoms with Crippen molar-refractivity contribution in [3.8, 4) is 5.75 Å². The zero-order valence-corrected chi connectivity index (χ0v) is 18.5. The lowest BCUT2D eigenvalue weighted by atomic mass is 9.95. The van der Waals surface area contributed by atoms with Gasteiger partial charge in [-0.1, -0.05) is 31.2 Å². The number of nitrogens with zero attached hydrogens (tertiary/aromatic N) is 1. The van der Waals surface area contributed by atoms with Crippen molar-refractivity contribution in [1.82, 2.24) is 10.2 Å². The van der Waals surface area contributed by atoms with Gasteiger partial charge in [-0.05, 0) is 70.1 Å². The average Bonchev–Trinajstić information content (AvgIpc) is 2.66. The van der Waals surface area contributed by atoms with Crippen molar-refractivity contribution in [2.45, 2.75) is 52.7 Å². The van der Waals surface area contributed by atoms with E-state index in [1.54, 1.807) is 6.92 Å². The molecule has 0 fully saturated rings. The molecule has 2 aromatic rings. The summed E-state index contributed by atoms with van der Waals surface area (Å²) in [5.41, 5.74) is 5.24. The monoisotopic (exact) mass is 444 g/mol. The molecule has 1 unspecified atom stereocenters. The van der Waals surface area contributed by atoms with E-state index in [1.807, 2.05) is 6.92 Å². The molecule has 3 rings (SSSR count). The van der Waals surface area contributed by atoms with Crippen LogP contribution < -0.4 is 10.1 Å². The predicted molar refractivity (Wildman–Crippen MR) is 116 cm³/mol. The van der Waals surface area contributed by atoms with Crippen LogP contribution in [0.4, 0.5) is 0 Å². The first kappa shape index (κ1) is 20.9. The van der Waals surface area contributed by atoms with Crippen molar-refractivity contribution in [2.75, 3.05) is 13.2 Å². The molecule has 1 heterocycles. The summed E-state index contributed by atoms with van der Waals surface area (Å²) >= 11 is 3.63. The first-order chi connectivity index (χ1) is 13.5. The Hall–Kier alpha value is -1.85. The number of amides is 1. The smallest absolute Gasteiger partial charge is 0.217 e. The summed E-state index contributed by atoms with van der Waals surface area (Å²) < 4.78 is 6.77. The molecule has 2 aromatic carbocycles. The van der Waals surface area contributed by atoms with E-state index in [-0.39, 0.29) is 11.9 Å². The molecular formula is C23H29BrN2O2. The Morgan fingerprint density at radius 2 is 2.07 bits per heavy atom. The summed E-state index contributed by atoms with van der Waals surface area (Å²) in [6.07, 6.45) is 2.04. The molecule has 4 nitrogen and oxygen atoms in total. The highest BCUT2D eigenvalue weighted by molar-refractivity contribution is 9.10. The Labute approximate surface area is 176 Å². The number of hydrogen-bond acceptors (Lipinski definition) is 3. The maximum absolute atomic E-state index is 11.3. The van der Waals surface area contributed by atoms with E-state index in [0.29, 0.717) is 0 Å². The average molecular weight is 445 g/mol. The van der Waals surface area contributed by atoms with Crippen LogP contribution in [0.25, 0.3) is 0 Å². The molecule has 0 saturated heterocycles. The van der Waals surface area contributed by atoms with Crippen molar-refractivity contribution in [1.29, 1.82) is 0 Å². The third-order valence-electron chi connectivity index (χ3n) is 5.11. The van der Waals surface area contributed by atoms with E-state index in [1.165, 1.54) is 22.3 Å². The summed E-state index contributed by atoms with van der Waals surface area (Å²) in [4.78, 5) is 13.8. The van der Waals surface area contributed by atoms with Crippen LogP contribution >= 0.6 is 15.9 Å². The second-order valence-electron chi connectivity index (χ2n) is 7.52. The highest BCUT2D eigenvalue weighted by Crippen LogP contribution is 2.28. The number of rotatable bonds is 7. The summed E-state index contributed by atoms with van der Waals surface area (Å²) in [6, 6.07) is 13.0. The molecule has 1 amide bonds. The van der Waals surface area contributed by atoms with Crippen LogP contribution in [0.15, 0.2) is 40.9 Å². The molecule has 1 aliphatic heterocycles. The summed E-state index contributed by atoms with van der Waals surface area (Å²) in [5, 5.41) is 2.97. The van der Waals surface area contributed by atoms with Gasteiger partial charge in [-0.2, -0.15) is 0 Å². The highest BCUT2D eigenvalue weighted by Gasteiger charge is 2.18. The van der Waals surface area contributed by atoms with Gasteiger partial charge in [0.15, 0.2) is 0 Å². The fraction of sp³-hybridized carbons (Fsp3) is 0.435. The molecule has 0 bridgehead atoms. The van der Waals surface area contributed by atoms with Crippen molar-refractivity contribution < 1.29 is 9.53 Å². The zero-order chi connectivity index (χ0) is 20.1. The first-order valence-corrected chi connectivity index (χ1v) is 10.8. The Bertz CT molecular complexity index is 837. The van der Waals surface area contributed by atoms with Crippen molar-refractivity contribution in [2.24, 2.45) is 0 Å². The van der Waals surface area contributed by atoms with Gasteiger partial charge >= 0.3 is 0 Å². The van der Waals surface area contributed by atoms with Crippen LogP contribution in [0, 0.1) is 0 Å². The van der Waals surface area contributed by atoms with E-state index in [9.17, 15) is 4.79 Å². The van der Waals surface area contributed by atoms with Crippen molar-refractivity contribution in [3.63, 3.8) is 0 Å². The molecular weight excluding hydrogens is 416 g/mol. The van der Waals surface area contributed by atoms with Gasteiger partial charge < -0.3 is 10.1 Å². The number of carbonyl (C=O) groups excluding carboxylic acids is 1. The van der Waals surface area contributed by atoms with Gasteiger partial charge in [0.05, 0.1) is 17.1 Å². The van der Waals surface area contributed by atoms with Crippen molar-refractivity contribution in [3.05, 3.63) is 63.1 Å². The molecule has 150 valence electrons. The Morgan fingerprint density at radius 1 is 1.25 bits per heavy atom. The maximum Gasteiger partial charge on any atom is 0.217 e. The fourth-order valence-corrected chi connectivity index (χ4v) is 4.19. The lowest BCUT2D eigenvalue weighted by Gasteiger charge is -2.29. The van der Waals surface area contributed by atoms with Gasteiger partial charge in [-0.25, -0.2) is 0 Å². The molecule has 0 saturated carbocycles. The van der Waals surface area contributed by atoms with Gasteiger partial charge in [-0.15, -0.1) is 0 Å². The van der Waals surface area contributed by atoms with E-state index in [4.69, 9.17) is 4.74 Å². The molecule has 0 radical (unpaired) electrons. The minimum atomic E-state index is 0.00803. The van der Waals surface area contributed by atoms with Crippen molar-refractivity contribution >= 4 is 21.8 Å². The maximum atomic E-state index is 11.3. The number of fused-ring (bicyclic) bond motifs is 1. The fourth-order valence-electron chi connectivity index (χ4n) is 3.65. The standard InChI is InChI=1S/C23H29BrN2O2/c1-4-11-28-23-8-5-18(12-22(23)24)14-26-10-9-20-13-19(6-7-21(20)15-26)16(2)25-17(3)27/h5-8,12-13,16H,4,9-11,14-15H2,1-3H3,(H,25,27). The summed E-state index contributed by atoms with van der Waals surface area (Å²) in [6.45, 7) is 9.36. The second-order valence-corrected chi connectivity index (χ2v) is 8.38. The molecule has 0 aliphatic carbocycles. The Morgan fingerprint density at radius 3 is 2.79 bits per heavy atom. The van der Waals surface area contributed by atoms with Crippen LogP contribution in [0.5, 0.6) is 5.75 Å². The third kappa shape index (κ3) is 5.36. The minimum Gasteiger partial charge on any atom is -0.492 e. The first-order valence-electron chi connectivity index (χ1n) is 9.98. The SMILES string of the molecule is CCCOc1ccc(CN2CCc3cc(C(C)NC(C)=O)ccc3C2)cc1Br. The van der Waals surface area contributed by atoms with E-state index in [2.05, 4.69) is 69.5 Å². The molecule has 1 aliphatic rings. The third-order valence-corrected chi connectivity index (χ3v) is 5.73. The topological polar surface area (TPSA) is 41.6 Å². The molecule has 1 atom stereocenters.